The molecule has 3 heterocycles. The first-order valence-electron chi connectivity index (χ1n) is 10.2. The van der Waals surface area contributed by atoms with Crippen molar-refractivity contribution < 1.29 is 94.6 Å². The Morgan fingerprint density at radius 2 is 0.462 bits per heavy atom. The Kier molecular flexibility index (Phi) is 9.53. The number of fused-ring (bicyclic) bond motifs is 6. The van der Waals surface area contributed by atoms with Crippen LogP contribution < -0.4 is 0 Å². The lowest BCUT2D eigenvalue weighted by Crippen LogP contribution is -2.65. The summed E-state index contributed by atoms with van der Waals surface area (Å²) >= 11 is 0. The van der Waals surface area contributed by atoms with Crippen LogP contribution in [0.25, 0.3) is 0 Å². The average Bonchev–Trinajstić information content (AvgIpc) is 3.17. The average molecular weight is 690 g/mol. The quantitative estimate of drug-likeness (QED) is 0.358. The normalized spacial score (nSPS) is 54.3. The molecule has 4 fully saturated rings. The molecular weight excluding hydrogens is 666 g/mol. The number of rotatable bonds is 6. The second kappa shape index (κ2) is 11.4. The van der Waals surface area contributed by atoms with Crippen molar-refractivity contribution in [2.75, 3.05) is 42.7 Å². The van der Waals surface area contributed by atoms with Gasteiger partial charge in [0.15, 0.2) is 0 Å². The van der Waals surface area contributed by atoms with Crippen LogP contribution in [0.4, 0.5) is 0 Å². The summed E-state index contributed by atoms with van der Waals surface area (Å²) in [6.45, 7) is 0. The molecular formula is C12H24O21P6. The van der Waals surface area contributed by atoms with Crippen molar-refractivity contribution in [1.29, 1.82) is 0 Å². The van der Waals surface area contributed by atoms with Gasteiger partial charge in [-0.2, -0.15) is 12.9 Å². The SMILES string of the molecule is COP1(=O)OC2C3OP(=O)(OC)OP(=O)(OC)OC3C3OP(=O)(OC)OP(=O)(OC)OC3C2OP(=O)(OC)O1. The summed E-state index contributed by atoms with van der Waals surface area (Å²) in [6.07, 6.45) is -11.8. The molecule has 0 bridgehead atoms. The molecule has 0 amide bonds. The molecule has 3 saturated heterocycles. The van der Waals surface area contributed by atoms with Crippen LogP contribution in [0.2, 0.25) is 0 Å². The van der Waals surface area contributed by atoms with Crippen LogP contribution in [-0.2, 0) is 94.6 Å². The van der Waals surface area contributed by atoms with Gasteiger partial charge in [0.2, 0.25) is 0 Å². The van der Waals surface area contributed by atoms with Crippen LogP contribution in [0.3, 0.4) is 0 Å². The van der Waals surface area contributed by atoms with Gasteiger partial charge in [-0.3, -0.25) is 54.3 Å². The fraction of sp³-hybridized carbons (Fsp3) is 1.00. The smallest absolute Gasteiger partial charge is 0.290 e. The highest BCUT2D eigenvalue weighted by Crippen LogP contribution is 2.76. The Morgan fingerprint density at radius 3 is 0.564 bits per heavy atom. The molecule has 4 aliphatic rings. The van der Waals surface area contributed by atoms with Crippen LogP contribution in [-0.4, -0.2) is 79.3 Å². The molecule has 27 heteroatoms. The van der Waals surface area contributed by atoms with Gasteiger partial charge >= 0.3 is 46.9 Å². The van der Waals surface area contributed by atoms with Crippen LogP contribution in [0.15, 0.2) is 0 Å². The minimum Gasteiger partial charge on any atom is -0.290 e. The molecule has 0 aromatic heterocycles. The van der Waals surface area contributed by atoms with E-state index in [9.17, 15) is 27.4 Å². The molecule has 0 aromatic carbocycles. The Balaban J connectivity index is 1.97. The van der Waals surface area contributed by atoms with Gasteiger partial charge in [-0.25, -0.2) is 27.4 Å². The van der Waals surface area contributed by atoms with E-state index < -0.39 is 83.6 Å². The summed E-state index contributed by atoms with van der Waals surface area (Å²) in [7, 11) is -24.2. The van der Waals surface area contributed by atoms with Crippen molar-refractivity contribution in [2.24, 2.45) is 0 Å². The molecule has 3 aliphatic heterocycles. The van der Waals surface area contributed by atoms with Gasteiger partial charge in [-0.05, 0) is 0 Å². The first-order chi connectivity index (χ1) is 18.1. The fourth-order valence-corrected chi connectivity index (χ4v) is 12.9. The standard InChI is InChI=1S/C12H24O21P6/c1-19-34(13)25-7-8(26-35(14,20-2)31-34)10-12(30-39(18,24-6)33-37(16,22-4)28-10)11-9(7)27-36(15,21-3)32-38(17,23-5)29-11/h7-12H,1-6H3. The van der Waals surface area contributed by atoms with Gasteiger partial charge in [-0.15, -0.1) is 0 Å². The molecule has 0 aromatic rings. The lowest BCUT2D eigenvalue weighted by molar-refractivity contribution is -0.186. The van der Waals surface area contributed by atoms with Gasteiger partial charge in [-0.1, -0.05) is 0 Å². The molecule has 0 spiro atoms. The highest BCUT2D eigenvalue weighted by atomic mass is 31.3. The van der Waals surface area contributed by atoms with Crippen LogP contribution in [0.5, 0.6) is 0 Å². The van der Waals surface area contributed by atoms with E-state index in [0.29, 0.717) is 0 Å². The molecule has 1 saturated carbocycles. The largest absolute Gasteiger partial charge is 0.483 e. The zero-order valence-corrected chi connectivity index (χ0v) is 26.1. The van der Waals surface area contributed by atoms with Gasteiger partial charge in [0, 0.05) is 42.7 Å². The van der Waals surface area contributed by atoms with Crippen LogP contribution in [0.1, 0.15) is 0 Å². The summed E-state index contributed by atoms with van der Waals surface area (Å²) in [5.74, 6) is 0. The monoisotopic (exact) mass is 690 g/mol. The highest BCUT2D eigenvalue weighted by Gasteiger charge is 2.69. The maximum atomic E-state index is 13.2. The van der Waals surface area contributed by atoms with Crippen molar-refractivity contribution in [3.8, 4) is 0 Å². The van der Waals surface area contributed by atoms with E-state index >= 15 is 0 Å². The van der Waals surface area contributed by atoms with Gasteiger partial charge in [0.05, 0.1) is 0 Å². The molecule has 21 nitrogen and oxygen atoms in total. The summed E-state index contributed by atoms with van der Waals surface area (Å²) in [5, 5.41) is 0. The van der Waals surface area contributed by atoms with Crippen molar-refractivity contribution in [1.82, 2.24) is 0 Å². The second-order valence-electron chi connectivity index (χ2n) is 7.44. The predicted molar refractivity (Wildman–Crippen MR) is 120 cm³/mol. The summed E-state index contributed by atoms with van der Waals surface area (Å²) < 4.78 is 155. The molecule has 6 unspecified atom stereocenters. The Morgan fingerprint density at radius 1 is 0.333 bits per heavy atom. The van der Waals surface area contributed by atoms with Gasteiger partial charge in [0.1, 0.15) is 36.6 Å². The highest BCUT2D eigenvalue weighted by molar-refractivity contribution is 7.63. The van der Waals surface area contributed by atoms with E-state index in [2.05, 4.69) is 0 Å². The molecule has 39 heavy (non-hydrogen) atoms. The van der Waals surface area contributed by atoms with Crippen molar-refractivity contribution in [3.63, 3.8) is 0 Å². The Bertz CT molecular complexity index is 986. The zero-order valence-electron chi connectivity index (χ0n) is 20.7. The summed E-state index contributed by atoms with van der Waals surface area (Å²) in [5.41, 5.74) is 0. The predicted octanol–water partition coefficient (Wildman–Crippen LogP) is 3.93. The third-order valence-corrected chi connectivity index (χ3v) is 15.9. The lowest BCUT2D eigenvalue weighted by atomic mass is 9.85. The topological polar surface area (TPSA) is 241 Å². The molecule has 1 aliphatic carbocycles. The number of hydrogen-bond acceptors (Lipinski definition) is 21. The Labute approximate surface area is 221 Å². The number of hydrogen-bond donors (Lipinski definition) is 0. The maximum Gasteiger partial charge on any atom is 0.483 e. The molecule has 0 N–H and O–H groups in total. The summed E-state index contributed by atoms with van der Waals surface area (Å²) in [4.78, 5) is 0. The van der Waals surface area contributed by atoms with E-state index in [4.69, 9.17) is 67.2 Å². The van der Waals surface area contributed by atoms with E-state index in [1.54, 1.807) is 0 Å². The fourth-order valence-electron chi connectivity index (χ4n) is 3.68. The Hall–Kier alpha value is 0.780. The molecule has 0 radical (unpaired) electrons. The lowest BCUT2D eigenvalue weighted by Gasteiger charge is -2.45. The maximum absolute atomic E-state index is 13.2. The van der Waals surface area contributed by atoms with Gasteiger partial charge in [0.25, 0.3) is 0 Å². The minimum absolute atomic E-state index is 0.851. The van der Waals surface area contributed by atoms with Crippen molar-refractivity contribution in [3.05, 3.63) is 0 Å². The number of phosphoric acid groups is 6. The van der Waals surface area contributed by atoms with Crippen LogP contribution in [0, 0.1) is 0 Å². The zero-order chi connectivity index (χ0) is 29.1. The number of phosphoric ester groups is 6. The third-order valence-electron chi connectivity index (χ3n) is 5.39. The third kappa shape index (κ3) is 6.37. The van der Waals surface area contributed by atoms with E-state index in [-0.39, 0.29) is 0 Å². The first kappa shape index (κ1) is 32.7. The summed E-state index contributed by atoms with van der Waals surface area (Å²) in [6, 6.07) is 0. The molecule has 4 rings (SSSR count). The van der Waals surface area contributed by atoms with Crippen LogP contribution >= 0.6 is 46.9 Å². The molecule has 6 atom stereocenters. The van der Waals surface area contributed by atoms with Crippen molar-refractivity contribution >= 4 is 46.9 Å². The van der Waals surface area contributed by atoms with E-state index in [1.807, 2.05) is 0 Å². The van der Waals surface area contributed by atoms with Gasteiger partial charge < -0.3 is 0 Å². The second-order valence-corrected chi connectivity index (χ2v) is 18.2. The molecule has 228 valence electrons. The van der Waals surface area contributed by atoms with Crippen molar-refractivity contribution in [2.45, 2.75) is 36.6 Å². The first-order valence-corrected chi connectivity index (χ1v) is 19.0. The van der Waals surface area contributed by atoms with E-state index in [1.165, 1.54) is 0 Å². The van der Waals surface area contributed by atoms with E-state index in [0.717, 1.165) is 42.7 Å². The minimum atomic E-state index is -4.89.